The fourth-order valence-corrected chi connectivity index (χ4v) is 3.77. The van der Waals surface area contributed by atoms with Crippen LogP contribution < -0.4 is 5.69 Å². The fourth-order valence-electron chi connectivity index (χ4n) is 3.77. The van der Waals surface area contributed by atoms with Gasteiger partial charge in [-0.2, -0.15) is 5.10 Å². The highest BCUT2D eigenvalue weighted by molar-refractivity contribution is 5.75. The van der Waals surface area contributed by atoms with E-state index in [0.717, 1.165) is 43.5 Å². The average molecular weight is 339 g/mol. The Hall–Kier alpha value is -2.34. The van der Waals surface area contributed by atoms with Gasteiger partial charge in [0.2, 0.25) is 0 Å². The molecular formula is C19H25N5O. The first-order chi connectivity index (χ1) is 12.1. The van der Waals surface area contributed by atoms with E-state index < -0.39 is 0 Å². The molecule has 0 aliphatic carbocycles. The van der Waals surface area contributed by atoms with E-state index in [0.29, 0.717) is 6.04 Å². The summed E-state index contributed by atoms with van der Waals surface area (Å²) in [7, 11) is 0. The minimum absolute atomic E-state index is 0.0119. The van der Waals surface area contributed by atoms with E-state index in [-0.39, 0.29) is 11.7 Å². The lowest BCUT2D eigenvalue weighted by atomic mass is 10.0. The maximum Gasteiger partial charge on any atom is 0.326 e. The molecule has 0 atom stereocenters. The summed E-state index contributed by atoms with van der Waals surface area (Å²) < 4.78 is 3.96. The monoisotopic (exact) mass is 339 g/mol. The number of benzene rings is 1. The third kappa shape index (κ3) is 3.14. The highest BCUT2D eigenvalue weighted by atomic mass is 16.1. The second-order valence-corrected chi connectivity index (χ2v) is 7.25. The molecule has 1 saturated heterocycles. The van der Waals surface area contributed by atoms with Crippen LogP contribution in [0.2, 0.25) is 0 Å². The SMILES string of the molecule is CC(C)n1cc(CN2CCC(n3c(=O)[nH]c4ccccc43)CC2)cn1. The number of piperidine rings is 1. The zero-order valence-corrected chi connectivity index (χ0v) is 14.9. The van der Waals surface area contributed by atoms with Crippen LogP contribution in [0.1, 0.15) is 44.3 Å². The van der Waals surface area contributed by atoms with Crippen LogP contribution in [-0.2, 0) is 6.54 Å². The molecular weight excluding hydrogens is 314 g/mol. The highest BCUT2D eigenvalue weighted by Gasteiger charge is 2.23. The van der Waals surface area contributed by atoms with E-state index in [1.165, 1.54) is 5.56 Å². The van der Waals surface area contributed by atoms with Crippen LogP contribution in [0.3, 0.4) is 0 Å². The number of likely N-dealkylation sites (tertiary alicyclic amines) is 1. The molecule has 0 bridgehead atoms. The number of H-pyrrole nitrogens is 1. The summed E-state index contributed by atoms with van der Waals surface area (Å²) >= 11 is 0. The number of aromatic nitrogens is 4. The topological polar surface area (TPSA) is 58.9 Å². The third-order valence-corrected chi connectivity index (χ3v) is 5.14. The molecule has 0 unspecified atom stereocenters. The molecule has 1 aliphatic heterocycles. The van der Waals surface area contributed by atoms with Gasteiger partial charge in [0.15, 0.2) is 0 Å². The number of fused-ring (bicyclic) bond motifs is 1. The number of hydrogen-bond donors (Lipinski definition) is 1. The van der Waals surface area contributed by atoms with Crippen LogP contribution in [-0.4, -0.2) is 37.3 Å². The first-order valence-electron chi connectivity index (χ1n) is 9.06. The van der Waals surface area contributed by atoms with Gasteiger partial charge in [0, 0.05) is 43.5 Å². The molecule has 3 heterocycles. The molecule has 0 saturated carbocycles. The Bertz CT molecular complexity index is 911. The lowest BCUT2D eigenvalue weighted by Gasteiger charge is -2.32. The van der Waals surface area contributed by atoms with Gasteiger partial charge in [-0.25, -0.2) is 4.79 Å². The van der Waals surface area contributed by atoms with Crippen LogP contribution in [0.25, 0.3) is 11.0 Å². The van der Waals surface area contributed by atoms with Crippen molar-refractivity contribution in [1.29, 1.82) is 0 Å². The number of hydrogen-bond acceptors (Lipinski definition) is 3. The molecule has 3 aromatic rings. The maximum absolute atomic E-state index is 12.4. The van der Waals surface area contributed by atoms with Crippen LogP contribution in [0.4, 0.5) is 0 Å². The van der Waals surface area contributed by atoms with Gasteiger partial charge in [0.25, 0.3) is 0 Å². The van der Waals surface area contributed by atoms with Crippen molar-refractivity contribution in [1.82, 2.24) is 24.2 Å². The molecule has 1 aromatic carbocycles. The molecule has 6 heteroatoms. The smallest absolute Gasteiger partial charge is 0.306 e. The standard InChI is InChI=1S/C19H25N5O/c1-14(2)23-13-15(11-20-23)12-22-9-7-16(8-10-22)24-18-6-4-3-5-17(18)21-19(24)25/h3-6,11,13-14,16H,7-10,12H2,1-2H3,(H,21,25). The van der Waals surface area contributed by atoms with E-state index in [2.05, 4.69) is 35.0 Å². The third-order valence-electron chi connectivity index (χ3n) is 5.14. The molecule has 0 spiro atoms. The summed E-state index contributed by atoms with van der Waals surface area (Å²) in [6, 6.07) is 8.62. The molecule has 132 valence electrons. The Balaban J connectivity index is 1.44. The summed E-state index contributed by atoms with van der Waals surface area (Å²) in [6.45, 7) is 7.22. The summed E-state index contributed by atoms with van der Waals surface area (Å²) in [5, 5.41) is 4.42. The van der Waals surface area contributed by atoms with Gasteiger partial charge in [-0.15, -0.1) is 0 Å². The van der Waals surface area contributed by atoms with Crippen molar-refractivity contribution in [2.45, 2.75) is 45.3 Å². The predicted octanol–water partition coefficient (Wildman–Crippen LogP) is 2.94. The van der Waals surface area contributed by atoms with Crippen LogP contribution in [0.15, 0.2) is 41.5 Å². The van der Waals surface area contributed by atoms with Crippen molar-refractivity contribution < 1.29 is 0 Å². The predicted molar refractivity (Wildman–Crippen MR) is 98.7 cm³/mol. The summed E-state index contributed by atoms with van der Waals surface area (Å²) in [6.07, 6.45) is 6.11. The lowest BCUT2D eigenvalue weighted by molar-refractivity contribution is 0.180. The van der Waals surface area contributed by atoms with E-state index in [1.807, 2.05) is 39.7 Å². The van der Waals surface area contributed by atoms with Crippen molar-refractivity contribution in [2.24, 2.45) is 0 Å². The van der Waals surface area contributed by atoms with Gasteiger partial charge in [-0.1, -0.05) is 12.1 Å². The molecule has 25 heavy (non-hydrogen) atoms. The fraction of sp³-hybridized carbons (Fsp3) is 0.474. The number of aromatic amines is 1. The molecule has 0 amide bonds. The molecule has 2 aromatic heterocycles. The first-order valence-corrected chi connectivity index (χ1v) is 9.06. The summed E-state index contributed by atoms with van der Waals surface area (Å²) in [5.74, 6) is 0. The van der Waals surface area contributed by atoms with E-state index >= 15 is 0 Å². The number of imidazole rings is 1. The van der Waals surface area contributed by atoms with Gasteiger partial charge in [0.1, 0.15) is 0 Å². The Labute approximate surface area is 147 Å². The minimum atomic E-state index is 0.0119. The molecule has 1 aliphatic rings. The molecule has 0 radical (unpaired) electrons. The van der Waals surface area contributed by atoms with E-state index in [9.17, 15) is 4.79 Å². The molecule has 4 rings (SSSR count). The van der Waals surface area contributed by atoms with Gasteiger partial charge in [0.05, 0.1) is 17.2 Å². The number of nitrogens with zero attached hydrogens (tertiary/aromatic N) is 4. The zero-order chi connectivity index (χ0) is 17.4. The van der Waals surface area contributed by atoms with Crippen LogP contribution in [0, 0.1) is 0 Å². The maximum atomic E-state index is 12.4. The minimum Gasteiger partial charge on any atom is -0.306 e. The summed E-state index contributed by atoms with van der Waals surface area (Å²) in [5.41, 5.74) is 3.22. The van der Waals surface area contributed by atoms with Gasteiger partial charge >= 0.3 is 5.69 Å². The lowest BCUT2D eigenvalue weighted by Crippen LogP contribution is -2.36. The first kappa shape index (κ1) is 16.1. The normalized spacial score (nSPS) is 16.9. The second-order valence-electron chi connectivity index (χ2n) is 7.25. The Morgan fingerprint density at radius 3 is 2.72 bits per heavy atom. The van der Waals surface area contributed by atoms with Crippen molar-refractivity contribution >= 4 is 11.0 Å². The van der Waals surface area contributed by atoms with Crippen molar-refractivity contribution in [3.8, 4) is 0 Å². The largest absolute Gasteiger partial charge is 0.326 e. The van der Waals surface area contributed by atoms with Crippen LogP contribution >= 0.6 is 0 Å². The zero-order valence-electron chi connectivity index (χ0n) is 14.9. The molecule has 6 nitrogen and oxygen atoms in total. The van der Waals surface area contributed by atoms with Gasteiger partial charge in [-0.05, 0) is 38.8 Å². The Kier molecular flexibility index (Phi) is 4.21. The van der Waals surface area contributed by atoms with E-state index in [1.54, 1.807) is 0 Å². The Morgan fingerprint density at radius 2 is 2.00 bits per heavy atom. The van der Waals surface area contributed by atoms with Gasteiger partial charge < -0.3 is 4.98 Å². The number of nitrogens with one attached hydrogen (secondary N) is 1. The number of para-hydroxylation sites is 2. The molecule has 1 fully saturated rings. The second kappa shape index (κ2) is 6.52. The van der Waals surface area contributed by atoms with Gasteiger partial charge in [-0.3, -0.25) is 14.1 Å². The van der Waals surface area contributed by atoms with Crippen molar-refractivity contribution in [2.75, 3.05) is 13.1 Å². The van der Waals surface area contributed by atoms with Crippen molar-refractivity contribution in [3.05, 3.63) is 52.7 Å². The molecule has 1 N–H and O–H groups in total. The average Bonchev–Trinajstić information content (AvgIpc) is 3.19. The Morgan fingerprint density at radius 1 is 1.24 bits per heavy atom. The van der Waals surface area contributed by atoms with Crippen molar-refractivity contribution in [3.63, 3.8) is 0 Å². The van der Waals surface area contributed by atoms with E-state index in [4.69, 9.17) is 0 Å². The quantitative estimate of drug-likeness (QED) is 0.795. The van der Waals surface area contributed by atoms with Crippen LogP contribution in [0.5, 0.6) is 0 Å². The number of rotatable bonds is 4. The summed E-state index contributed by atoms with van der Waals surface area (Å²) in [4.78, 5) is 17.8. The highest BCUT2D eigenvalue weighted by Crippen LogP contribution is 2.25.